The molecule has 4 heteroatoms. The zero-order valence-electron chi connectivity index (χ0n) is 7.53. The molecular weight excluding hydrogens is 170 g/mol. The first-order valence-corrected chi connectivity index (χ1v) is 5.00. The van der Waals surface area contributed by atoms with Crippen molar-refractivity contribution >= 4 is 11.7 Å². The molecule has 0 saturated heterocycles. The molecule has 1 heterocycles. The topological polar surface area (TPSA) is 51.8 Å². The lowest BCUT2D eigenvalue weighted by atomic mass is 9.98. The van der Waals surface area contributed by atoms with Gasteiger partial charge in [-0.25, -0.2) is 0 Å². The number of aromatic nitrogens is 2. The molecule has 0 spiro atoms. The van der Waals surface area contributed by atoms with Crippen LogP contribution in [0.3, 0.4) is 0 Å². The summed E-state index contributed by atoms with van der Waals surface area (Å²) in [5.74, 6) is 0.668. The number of nitrogens with two attached hydrogens (primary N) is 1. The third-order valence-corrected chi connectivity index (χ3v) is 2.60. The van der Waals surface area contributed by atoms with Gasteiger partial charge in [-0.3, -0.25) is 0 Å². The Morgan fingerprint density at radius 2 is 2.42 bits per heavy atom. The van der Waals surface area contributed by atoms with Crippen LogP contribution in [-0.2, 0) is 0 Å². The molecule has 2 atom stereocenters. The quantitative estimate of drug-likeness (QED) is 0.780. The highest BCUT2D eigenvalue weighted by Crippen LogP contribution is 2.18. The molecule has 0 aliphatic carbocycles. The Hall–Kier alpha value is -0.480. The van der Waals surface area contributed by atoms with Crippen molar-refractivity contribution in [3.8, 4) is 0 Å². The van der Waals surface area contributed by atoms with Gasteiger partial charge in [0.2, 0.25) is 0 Å². The van der Waals surface area contributed by atoms with Crippen molar-refractivity contribution in [1.29, 1.82) is 0 Å². The van der Waals surface area contributed by atoms with Crippen molar-refractivity contribution in [2.24, 2.45) is 11.7 Å². The SMILES string of the molecule is CCC(C)CC(N)c1cnsn1. The first-order chi connectivity index (χ1) is 5.74. The lowest BCUT2D eigenvalue weighted by Gasteiger charge is -2.12. The summed E-state index contributed by atoms with van der Waals surface area (Å²) in [6.45, 7) is 4.39. The van der Waals surface area contributed by atoms with Gasteiger partial charge in [-0.05, 0) is 12.3 Å². The molecular formula is C8H15N3S. The van der Waals surface area contributed by atoms with Gasteiger partial charge in [0, 0.05) is 6.04 Å². The van der Waals surface area contributed by atoms with Gasteiger partial charge in [-0.2, -0.15) is 8.75 Å². The fourth-order valence-electron chi connectivity index (χ4n) is 1.06. The minimum atomic E-state index is 0.0682. The van der Waals surface area contributed by atoms with E-state index in [2.05, 4.69) is 22.6 Å². The summed E-state index contributed by atoms with van der Waals surface area (Å²) in [5.41, 5.74) is 6.85. The fourth-order valence-corrected chi connectivity index (χ4v) is 1.54. The number of hydrogen-bond donors (Lipinski definition) is 1. The molecule has 12 heavy (non-hydrogen) atoms. The Morgan fingerprint density at radius 1 is 1.67 bits per heavy atom. The van der Waals surface area contributed by atoms with Crippen LogP contribution < -0.4 is 5.73 Å². The first-order valence-electron chi connectivity index (χ1n) is 4.27. The van der Waals surface area contributed by atoms with E-state index in [9.17, 15) is 0 Å². The summed E-state index contributed by atoms with van der Waals surface area (Å²) in [6.07, 6.45) is 3.94. The molecule has 68 valence electrons. The molecule has 1 rings (SSSR count). The van der Waals surface area contributed by atoms with Crippen LogP contribution in [0.1, 0.15) is 38.4 Å². The van der Waals surface area contributed by atoms with Gasteiger partial charge in [0.25, 0.3) is 0 Å². The van der Waals surface area contributed by atoms with Crippen LogP contribution in [0.15, 0.2) is 6.20 Å². The van der Waals surface area contributed by atoms with E-state index in [0.29, 0.717) is 5.92 Å². The second-order valence-electron chi connectivity index (χ2n) is 3.19. The van der Waals surface area contributed by atoms with Gasteiger partial charge >= 0.3 is 0 Å². The van der Waals surface area contributed by atoms with Crippen LogP contribution in [0, 0.1) is 5.92 Å². The minimum Gasteiger partial charge on any atom is -0.323 e. The molecule has 0 aliphatic rings. The van der Waals surface area contributed by atoms with Gasteiger partial charge in [0.05, 0.1) is 23.6 Å². The van der Waals surface area contributed by atoms with Crippen molar-refractivity contribution in [1.82, 2.24) is 8.75 Å². The maximum Gasteiger partial charge on any atom is 0.0910 e. The van der Waals surface area contributed by atoms with E-state index in [1.807, 2.05) is 0 Å². The second kappa shape index (κ2) is 4.52. The van der Waals surface area contributed by atoms with Gasteiger partial charge in [-0.15, -0.1) is 0 Å². The first kappa shape index (κ1) is 9.61. The minimum absolute atomic E-state index is 0.0682. The molecule has 0 fully saturated rings. The third-order valence-electron chi connectivity index (χ3n) is 2.11. The highest BCUT2D eigenvalue weighted by Gasteiger charge is 2.11. The van der Waals surface area contributed by atoms with Crippen molar-refractivity contribution in [2.75, 3.05) is 0 Å². The summed E-state index contributed by atoms with van der Waals surface area (Å²) >= 11 is 1.22. The van der Waals surface area contributed by atoms with Crippen LogP contribution in [0.5, 0.6) is 0 Å². The van der Waals surface area contributed by atoms with Crippen LogP contribution in [0.25, 0.3) is 0 Å². The Morgan fingerprint density at radius 3 is 2.92 bits per heavy atom. The zero-order chi connectivity index (χ0) is 8.97. The van der Waals surface area contributed by atoms with Crippen LogP contribution in [0.2, 0.25) is 0 Å². The summed E-state index contributed by atoms with van der Waals surface area (Å²) in [5, 5.41) is 0. The van der Waals surface area contributed by atoms with E-state index in [4.69, 9.17) is 5.73 Å². The molecule has 0 saturated carbocycles. The zero-order valence-corrected chi connectivity index (χ0v) is 8.34. The molecule has 0 amide bonds. The Balaban J connectivity index is 2.44. The Bertz CT molecular complexity index is 210. The highest BCUT2D eigenvalue weighted by atomic mass is 32.1. The number of rotatable bonds is 4. The molecule has 0 radical (unpaired) electrons. The maximum atomic E-state index is 5.92. The van der Waals surface area contributed by atoms with E-state index >= 15 is 0 Å². The predicted molar refractivity (Wildman–Crippen MR) is 50.9 cm³/mol. The molecule has 0 aliphatic heterocycles. The fraction of sp³-hybridized carbons (Fsp3) is 0.750. The standard InChI is InChI=1S/C8H15N3S/c1-3-6(2)4-7(9)8-5-10-12-11-8/h5-7H,3-4,9H2,1-2H3. The van der Waals surface area contributed by atoms with E-state index in [-0.39, 0.29) is 6.04 Å². The number of hydrogen-bond acceptors (Lipinski definition) is 4. The average Bonchev–Trinajstić information content (AvgIpc) is 2.56. The molecule has 1 aromatic heterocycles. The van der Waals surface area contributed by atoms with E-state index < -0.39 is 0 Å². The summed E-state index contributed by atoms with van der Waals surface area (Å²) < 4.78 is 8.04. The van der Waals surface area contributed by atoms with Crippen LogP contribution in [0.4, 0.5) is 0 Å². The van der Waals surface area contributed by atoms with Gasteiger partial charge in [0.15, 0.2) is 0 Å². The van der Waals surface area contributed by atoms with Crippen LogP contribution >= 0.6 is 11.7 Å². The second-order valence-corrected chi connectivity index (χ2v) is 3.74. The normalized spacial score (nSPS) is 15.9. The Labute approximate surface area is 77.3 Å². The monoisotopic (exact) mass is 185 g/mol. The van der Waals surface area contributed by atoms with Gasteiger partial charge in [0.1, 0.15) is 0 Å². The van der Waals surface area contributed by atoms with Crippen molar-refractivity contribution in [3.05, 3.63) is 11.9 Å². The predicted octanol–water partition coefficient (Wildman–Crippen LogP) is 1.97. The lowest BCUT2D eigenvalue weighted by Crippen LogP contribution is -2.13. The lowest BCUT2D eigenvalue weighted by molar-refractivity contribution is 0.457. The summed E-state index contributed by atoms with van der Waals surface area (Å²) in [4.78, 5) is 0. The molecule has 3 nitrogen and oxygen atoms in total. The summed E-state index contributed by atoms with van der Waals surface area (Å²) in [6, 6.07) is 0.0682. The van der Waals surface area contributed by atoms with Crippen LogP contribution in [-0.4, -0.2) is 8.75 Å². The highest BCUT2D eigenvalue weighted by molar-refractivity contribution is 6.99. The summed E-state index contributed by atoms with van der Waals surface area (Å²) in [7, 11) is 0. The van der Waals surface area contributed by atoms with Crippen molar-refractivity contribution < 1.29 is 0 Å². The molecule has 0 aromatic carbocycles. The van der Waals surface area contributed by atoms with E-state index in [1.165, 1.54) is 18.1 Å². The molecule has 2 N–H and O–H groups in total. The van der Waals surface area contributed by atoms with Gasteiger partial charge < -0.3 is 5.73 Å². The molecule has 2 unspecified atom stereocenters. The van der Waals surface area contributed by atoms with Crippen molar-refractivity contribution in [2.45, 2.75) is 32.7 Å². The third kappa shape index (κ3) is 2.53. The molecule has 1 aromatic rings. The smallest absolute Gasteiger partial charge is 0.0910 e. The average molecular weight is 185 g/mol. The van der Waals surface area contributed by atoms with E-state index in [1.54, 1.807) is 6.20 Å². The number of nitrogens with zero attached hydrogens (tertiary/aromatic N) is 2. The largest absolute Gasteiger partial charge is 0.323 e. The van der Waals surface area contributed by atoms with Crippen molar-refractivity contribution in [3.63, 3.8) is 0 Å². The Kier molecular flexibility index (Phi) is 3.62. The van der Waals surface area contributed by atoms with Gasteiger partial charge in [-0.1, -0.05) is 20.3 Å². The molecule has 0 bridgehead atoms. The van der Waals surface area contributed by atoms with E-state index in [0.717, 1.165) is 12.1 Å². The maximum absolute atomic E-state index is 5.92.